The van der Waals surface area contributed by atoms with Crippen LogP contribution in [0, 0.1) is 5.92 Å². The summed E-state index contributed by atoms with van der Waals surface area (Å²) in [6, 6.07) is 0. The van der Waals surface area contributed by atoms with Crippen molar-refractivity contribution in [2.24, 2.45) is 5.92 Å². The molecule has 4 atom stereocenters. The first-order chi connectivity index (χ1) is 5.54. The lowest BCUT2D eigenvalue weighted by atomic mass is 9.96. The van der Waals surface area contributed by atoms with Crippen molar-refractivity contribution in [3.05, 3.63) is 0 Å². The molecule has 0 spiro atoms. The molecule has 0 bridgehead atoms. The van der Waals surface area contributed by atoms with Crippen molar-refractivity contribution in [1.29, 1.82) is 0 Å². The SMILES string of the molecule is CCC(O)C(O)C(O)C(C)CO. The van der Waals surface area contributed by atoms with Gasteiger partial charge in [-0.05, 0) is 6.42 Å². The molecule has 0 heterocycles. The Morgan fingerprint density at radius 2 is 1.58 bits per heavy atom. The first kappa shape index (κ1) is 11.8. The number of hydrogen-bond acceptors (Lipinski definition) is 4. The van der Waals surface area contributed by atoms with E-state index in [0.29, 0.717) is 6.42 Å². The Hall–Kier alpha value is -0.160. The molecule has 4 nitrogen and oxygen atoms in total. The van der Waals surface area contributed by atoms with Crippen molar-refractivity contribution in [2.75, 3.05) is 6.61 Å². The van der Waals surface area contributed by atoms with Gasteiger partial charge in [-0.25, -0.2) is 0 Å². The summed E-state index contributed by atoms with van der Waals surface area (Å²) in [5.41, 5.74) is 0. The van der Waals surface area contributed by atoms with Gasteiger partial charge < -0.3 is 20.4 Å². The molecular formula is C8H18O4. The molecule has 0 aliphatic heterocycles. The van der Waals surface area contributed by atoms with Gasteiger partial charge in [0.25, 0.3) is 0 Å². The second-order valence-electron chi connectivity index (χ2n) is 3.12. The van der Waals surface area contributed by atoms with Gasteiger partial charge in [-0.15, -0.1) is 0 Å². The Balaban J connectivity index is 3.99. The number of aliphatic hydroxyl groups is 4. The number of aliphatic hydroxyl groups excluding tert-OH is 4. The Morgan fingerprint density at radius 3 is 1.92 bits per heavy atom. The molecule has 4 heteroatoms. The van der Waals surface area contributed by atoms with Crippen molar-refractivity contribution in [3.8, 4) is 0 Å². The van der Waals surface area contributed by atoms with Gasteiger partial charge in [0, 0.05) is 12.5 Å². The zero-order valence-corrected chi connectivity index (χ0v) is 7.51. The molecule has 0 aliphatic carbocycles. The van der Waals surface area contributed by atoms with Gasteiger partial charge >= 0.3 is 0 Å². The standard InChI is InChI=1S/C8H18O4/c1-3-6(10)8(12)7(11)5(2)4-9/h5-12H,3-4H2,1-2H3. The summed E-state index contributed by atoms with van der Waals surface area (Å²) in [6.07, 6.45) is -2.77. The molecule has 0 rings (SSSR count). The van der Waals surface area contributed by atoms with Crippen molar-refractivity contribution < 1.29 is 20.4 Å². The Labute approximate surface area is 72.5 Å². The third-order valence-corrected chi connectivity index (χ3v) is 2.03. The fraction of sp³-hybridized carbons (Fsp3) is 1.00. The zero-order chi connectivity index (χ0) is 9.72. The van der Waals surface area contributed by atoms with Gasteiger partial charge in [0.2, 0.25) is 0 Å². The second-order valence-corrected chi connectivity index (χ2v) is 3.12. The molecule has 0 aromatic heterocycles. The van der Waals surface area contributed by atoms with Crippen LogP contribution in [0.3, 0.4) is 0 Å². The molecule has 0 saturated carbocycles. The van der Waals surface area contributed by atoms with E-state index in [-0.39, 0.29) is 6.61 Å². The average Bonchev–Trinajstić information content (AvgIpc) is 2.12. The summed E-state index contributed by atoms with van der Waals surface area (Å²) in [7, 11) is 0. The summed E-state index contributed by atoms with van der Waals surface area (Å²) in [5, 5.41) is 36.4. The highest BCUT2D eigenvalue weighted by atomic mass is 16.4. The van der Waals surface area contributed by atoms with E-state index in [4.69, 9.17) is 10.2 Å². The van der Waals surface area contributed by atoms with Crippen LogP contribution in [0.2, 0.25) is 0 Å². The molecule has 4 unspecified atom stereocenters. The van der Waals surface area contributed by atoms with Crippen molar-refractivity contribution in [2.45, 2.75) is 38.6 Å². The lowest BCUT2D eigenvalue weighted by Crippen LogP contribution is -2.41. The van der Waals surface area contributed by atoms with Crippen molar-refractivity contribution in [1.82, 2.24) is 0 Å². The van der Waals surface area contributed by atoms with E-state index in [2.05, 4.69) is 0 Å². The van der Waals surface area contributed by atoms with Crippen LogP contribution < -0.4 is 0 Å². The molecular weight excluding hydrogens is 160 g/mol. The van der Waals surface area contributed by atoms with Gasteiger partial charge in [-0.3, -0.25) is 0 Å². The molecule has 0 aromatic carbocycles. The van der Waals surface area contributed by atoms with E-state index >= 15 is 0 Å². The van der Waals surface area contributed by atoms with E-state index < -0.39 is 24.2 Å². The molecule has 0 aromatic rings. The largest absolute Gasteiger partial charge is 0.396 e. The van der Waals surface area contributed by atoms with Gasteiger partial charge in [-0.1, -0.05) is 13.8 Å². The van der Waals surface area contributed by atoms with E-state index in [1.54, 1.807) is 13.8 Å². The fourth-order valence-corrected chi connectivity index (χ4v) is 0.914. The Morgan fingerprint density at radius 1 is 1.08 bits per heavy atom. The average molecular weight is 178 g/mol. The fourth-order valence-electron chi connectivity index (χ4n) is 0.914. The highest BCUT2D eigenvalue weighted by Crippen LogP contribution is 2.11. The molecule has 0 fully saturated rings. The van der Waals surface area contributed by atoms with Gasteiger partial charge in [-0.2, -0.15) is 0 Å². The molecule has 0 aliphatic rings. The van der Waals surface area contributed by atoms with Crippen LogP contribution in [-0.4, -0.2) is 45.3 Å². The minimum absolute atomic E-state index is 0.200. The third-order valence-electron chi connectivity index (χ3n) is 2.03. The summed E-state index contributed by atoms with van der Waals surface area (Å²) in [6.45, 7) is 3.12. The first-order valence-electron chi connectivity index (χ1n) is 4.19. The van der Waals surface area contributed by atoms with E-state index in [1.165, 1.54) is 0 Å². The topological polar surface area (TPSA) is 80.9 Å². The van der Waals surface area contributed by atoms with Crippen LogP contribution >= 0.6 is 0 Å². The highest BCUT2D eigenvalue weighted by Gasteiger charge is 2.27. The molecule has 4 N–H and O–H groups in total. The molecule has 0 amide bonds. The smallest absolute Gasteiger partial charge is 0.106 e. The Kier molecular flexibility index (Phi) is 5.41. The van der Waals surface area contributed by atoms with Crippen LogP contribution in [0.15, 0.2) is 0 Å². The summed E-state index contributed by atoms with van der Waals surface area (Å²) in [4.78, 5) is 0. The van der Waals surface area contributed by atoms with Crippen LogP contribution in [0.25, 0.3) is 0 Å². The maximum atomic E-state index is 9.32. The maximum absolute atomic E-state index is 9.32. The van der Waals surface area contributed by atoms with Crippen molar-refractivity contribution in [3.63, 3.8) is 0 Å². The minimum atomic E-state index is -1.17. The first-order valence-corrected chi connectivity index (χ1v) is 4.19. The highest BCUT2D eigenvalue weighted by molar-refractivity contribution is 4.77. The third kappa shape index (κ3) is 3.06. The number of rotatable bonds is 5. The second kappa shape index (κ2) is 5.48. The van der Waals surface area contributed by atoms with Gasteiger partial charge in [0.15, 0.2) is 0 Å². The van der Waals surface area contributed by atoms with Crippen LogP contribution in [-0.2, 0) is 0 Å². The van der Waals surface area contributed by atoms with E-state index in [0.717, 1.165) is 0 Å². The van der Waals surface area contributed by atoms with Gasteiger partial charge in [0.05, 0.1) is 12.2 Å². The minimum Gasteiger partial charge on any atom is -0.396 e. The van der Waals surface area contributed by atoms with Crippen LogP contribution in [0.1, 0.15) is 20.3 Å². The lowest BCUT2D eigenvalue weighted by Gasteiger charge is -2.25. The predicted molar refractivity (Wildman–Crippen MR) is 44.6 cm³/mol. The molecule has 0 saturated heterocycles. The lowest BCUT2D eigenvalue weighted by molar-refractivity contribution is -0.0855. The summed E-state index contributed by atoms with van der Waals surface area (Å²) >= 11 is 0. The quantitative estimate of drug-likeness (QED) is 0.440. The molecule has 12 heavy (non-hydrogen) atoms. The van der Waals surface area contributed by atoms with Gasteiger partial charge in [0.1, 0.15) is 6.10 Å². The normalized spacial score (nSPS) is 21.5. The number of hydrogen-bond donors (Lipinski definition) is 4. The Bertz CT molecular complexity index is 104. The summed E-state index contributed by atoms with van der Waals surface area (Å²) < 4.78 is 0. The van der Waals surface area contributed by atoms with Crippen LogP contribution in [0.4, 0.5) is 0 Å². The monoisotopic (exact) mass is 178 g/mol. The maximum Gasteiger partial charge on any atom is 0.106 e. The molecule has 74 valence electrons. The van der Waals surface area contributed by atoms with E-state index in [9.17, 15) is 10.2 Å². The van der Waals surface area contributed by atoms with Crippen molar-refractivity contribution >= 4 is 0 Å². The zero-order valence-electron chi connectivity index (χ0n) is 7.51. The van der Waals surface area contributed by atoms with Crippen LogP contribution in [0.5, 0.6) is 0 Å². The predicted octanol–water partition coefficient (Wildman–Crippen LogP) is -0.893. The molecule has 0 radical (unpaired) electrons. The van der Waals surface area contributed by atoms with E-state index in [1.807, 2.05) is 0 Å². The summed E-state index contributed by atoms with van der Waals surface area (Å²) in [5.74, 6) is -0.416.